The van der Waals surface area contributed by atoms with E-state index in [1.54, 1.807) is 30.3 Å². The molecule has 0 bridgehead atoms. The molecule has 0 spiro atoms. The standard InChI is InChI=1S/C20H18FN3O2S/c1-12(2)22-18(25)14-5-3-13(4-6-14)11-17-19(26)24(20(27)23-17)16-9-7-15(21)8-10-16/h3-12H,1-2H3,(H,22,25)(H,23,27). The van der Waals surface area contributed by atoms with E-state index < -0.39 is 0 Å². The average molecular weight is 383 g/mol. The third-order valence-electron chi connectivity index (χ3n) is 3.87. The van der Waals surface area contributed by atoms with Gasteiger partial charge in [0.1, 0.15) is 11.5 Å². The predicted octanol–water partition coefficient (Wildman–Crippen LogP) is 3.23. The van der Waals surface area contributed by atoms with Crippen molar-refractivity contribution >= 4 is 40.9 Å². The first-order chi connectivity index (χ1) is 12.8. The van der Waals surface area contributed by atoms with E-state index >= 15 is 0 Å². The second kappa shape index (κ2) is 7.67. The van der Waals surface area contributed by atoms with E-state index in [1.807, 2.05) is 13.8 Å². The molecule has 1 heterocycles. The first kappa shape index (κ1) is 18.7. The van der Waals surface area contributed by atoms with Crippen LogP contribution in [0.3, 0.4) is 0 Å². The lowest BCUT2D eigenvalue weighted by atomic mass is 10.1. The Bertz CT molecular complexity index is 921. The van der Waals surface area contributed by atoms with Crippen LogP contribution in [0, 0.1) is 5.82 Å². The highest BCUT2D eigenvalue weighted by Gasteiger charge is 2.31. The zero-order valence-electron chi connectivity index (χ0n) is 14.8. The lowest BCUT2D eigenvalue weighted by Gasteiger charge is -2.13. The van der Waals surface area contributed by atoms with Crippen LogP contribution in [0.4, 0.5) is 10.1 Å². The Kier molecular flexibility index (Phi) is 5.32. The number of halogens is 1. The van der Waals surface area contributed by atoms with Gasteiger partial charge in [0.25, 0.3) is 11.8 Å². The summed E-state index contributed by atoms with van der Waals surface area (Å²) in [7, 11) is 0. The molecule has 27 heavy (non-hydrogen) atoms. The first-order valence-electron chi connectivity index (χ1n) is 8.39. The van der Waals surface area contributed by atoms with Gasteiger partial charge in [0.15, 0.2) is 5.11 Å². The molecule has 1 saturated heterocycles. The highest BCUT2D eigenvalue weighted by Crippen LogP contribution is 2.22. The van der Waals surface area contributed by atoms with E-state index in [-0.39, 0.29) is 28.8 Å². The molecule has 3 rings (SSSR count). The van der Waals surface area contributed by atoms with Crippen molar-refractivity contribution in [1.29, 1.82) is 0 Å². The minimum Gasteiger partial charge on any atom is -0.350 e. The number of rotatable bonds is 4. The second-order valence-corrected chi connectivity index (χ2v) is 6.74. The molecule has 0 atom stereocenters. The minimum atomic E-state index is -0.387. The van der Waals surface area contributed by atoms with Crippen LogP contribution in [-0.4, -0.2) is 23.0 Å². The maximum atomic E-state index is 13.1. The summed E-state index contributed by atoms with van der Waals surface area (Å²) in [4.78, 5) is 25.9. The predicted molar refractivity (Wildman–Crippen MR) is 107 cm³/mol. The fraction of sp³-hybridized carbons (Fsp3) is 0.150. The maximum absolute atomic E-state index is 13.1. The number of thiocarbonyl (C=S) groups is 1. The highest BCUT2D eigenvalue weighted by molar-refractivity contribution is 7.80. The molecule has 0 aromatic heterocycles. The van der Waals surface area contributed by atoms with Crippen LogP contribution in [0.25, 0.3) is 6.08 Å². The molecule has 2 N–H and O–H groups in total. The number of nitrogens with one attached hydrogen (secondary N) is 2. The summed E-state index contributed by atoms with van der Waals surface area (Å²) in [5, 5.41) is 5.92. The average Bonchev–Trinajstić information content (AvgIpc) is 2.89. The van der Waals surface area contributed by atoms with E-state index in [0.29, 0.717) is 16.9 Å². The van der Waals surface area contributed by atoms with Gasteiger partial charge < -0.3 is 10.6 Å². The van der Waals surface area contributed by atoms with Crippen molar-refractivity contribution in [2.75, 3.05) is 4.90 Å². The number of amides is 2. The highest BCUT2D eigenvalue weighted by atomic mass is 32.1. The fourth-order valence-electron chi connectivity index (χ4n) is 2.60. The monoisotopic (exact) mass is 383 g/mol. The van der Waals surface area contributed by atoms with Gasteiger partial charge in [-0.3, -0.25) is 14.5 Å². The lowest BCUT2D eigenvalue weighted by Crippen LogP contribution is -2.30. The van der Waals surface area contributed by atoms with Crippen molar-refractivity contribution in [3.05, 3.63) is 71.2 Å². The second-order valence-electron chi connectivity index (χ2n) is 6.36. The Hall–Kier alpha value is -3.06. The summed E-state index contributed by atoms with van der Waals surface area (Å²) in [5.41, 5.74) is 2.09. The number of hydrogen-bond donors (Lipinski definition) is 2. The van der Waals surface area contributed by atoms with Gasteiger partial charge in [0, 0.05) is 11.6 Å². The van der Waals surface area contributed by atoms with Crippen molar-refractivity contribution in [2.45, 2.75) is 19.9 Å². The normalized spacial score (nSPS) is 15.4. The molecule has 0 radical (unpaired) electrons. The van der Waals surface area contributed by atoms with E-state index in [2.05, 4.69) is 10.6 Å². The molecule has 5 nitrogen and oxygen atoms in total. The Labute approximate surface area is 161 Å². The maximum Gasteiger partial charge on any atom is 0.281 e. The van der Waals surface area contributed by atoms with Crippen LogP contribution >= 0.6 is 12.2 Å². The molecule has 2 aromatic carbocycles. The molecular formula is C20H18FN3O2S. The van der Waals surface area contributed by atoms with Crippen molar-refractivity contribution in [2.24, 2.45) is 0 Å². The van der Waals surface area contributed by atoms with Gasteiger partial charge in [0.2, 0.25) is 0 Å². The fourth-order valence-corrected chi connectivity index (χ4v) is 2.90. The number of anilines is 1. The number of hydrogen-bond acceptors (Lipinski definition) is 3. The summed E-state index contributed by atoms with van der Waals surface area (Å²) >= 11 is 5.23. The molecule has 138 valence electrons. The van der Waals surface area contributed by atoms with E-state index in [4.69, 9.17) is 12.2 Å². The molecule has 2 aromatic rings. The topological polar surface area (TPSA) is 61.4 Å². The largest absolute Gasteiger partial charge is 0.350 e. The minimum absolute atomic E-state index is 0.0538. The number of carbonyl (C=O) groups is 2. The molecule has 2 amide bonds. The van der Waals surface area contributed by atoms with Gasteiger partial charge in [-0.05, 0) is 74.1 Å². The summed E-state index contributed by atoms with van der Waals surface area (Å²) < 4.78 is 13.1. The van der Waals surface area contributed by atoms with Crippen LogP contribution in [0.15, 0.2) is 54.2 Å². The van der Waals surface area contributed by atoms with E-state index in [9.17, 15) is 14.0 Å². The Morgan fingerprint density at radius 1 is 1.15 bits per heavy atom. The van der Waals surface area contributed by atoms with E-state index in [0.717, 1.165) is 5.56 Å². The molecular weight excluding hydrogens is 365 g/mol. The van der Waals surface area contributed by atoms with Crippen LogP contribution < -0.4 is 15.5 Å². The van der Waals surface area contributed by atoms with Crippen molar-refractivity contribution < 1.29 is 14.0 Å². The van der Waals surface area contributed by atoms with Crippen LogP contribution in [0.5, 0.6) is 0 Å². The third-order valence-corrected chi connectivity index (χ3v) is 4.15. The SMILES string of the molecule is CC(C)NC(=O)c1ccc(C=C2NC(=S)N(c3ccc(F)cc3)C2=O)cc1. The summed E-state index contributed by atoms with van der Waals surface area (Å²) in [6.45, 7) is 3.79. The Morgan fingerprint density at radius 2 is 1.78 bits per heavy atom. The molecule has 1 aliphatic rings. The summed E-state index contributed by atoms with van der Waals surface area (Å²) in [5.74, 6) is -0.863. The number of nitrogens with zero attached hydrogens (tertiary/aromatic N) is 1. The molecule has 0 saturated carbocycles. The van der Waals surface area contributed by atoms with Gasteiger partial charge in [0.05, 0.1) is 5.69 Å². The number of carbonyl (C=O) groups excluding carboxylic acids is 2. The van der Waals surface area contributed by atoms with E-state index in [1.165, 1.54) is 29.2 Å². The molecule has 1 aliphatic heterocycles. The Morgan fingerprint density at radius 3 is 2.37 bits per heavy atom. The van der Waals surface area contributed by atoms with Crippen LogP contribution in [0.1, 0.15) is 29.8 Å². The molecule has 1 fully saturated rings. The molecule has 7 heteroatoms. The van der Waals surface area contributed by atoms with Gasteiger partial charge >= 0.3 is 0 Å². The Balaban J connectivity index is 1.79. The number of benzene rings is 2. The van der Waals surface area contributed by atoms with Crippen LogP contribution in [-0.2, 0) is 4.79 Å². The lowest BCUT2D eigenvalue weighted by molar-refractivity contribution is -0.113. The van der Waals surface area contributed by atoms with Gasteiger partial charge in [-0.15, -0.1) is 0 Å². The van der Waals surface area contributed by atoms with Crippen molar-refractivity contribution in [1.82, 2.24) is 10.6 Å². The smallest absolute Gasteiger partial charge is 0.281 e. The van der Waals surface area contributed by atoms with Gasteiger partial charge in [-0.25, -0.2) is 4.39 Å². The van der Waals surface area contributed by atoms with Crippen molar-refractivity contribution in [3.8, 4) is 0 Å². The zero-order chi connectivity index (χ0) is 19.6. The third kappa shape index (κ3) is 4.20. The zero-order valence-corrected chi connectivity index (χ0v) is 15.6. The van der Waals surface area contributed by atoms with Gasteiger partial charge in [-0.2, -0.15) is 0 Å². The summed E-state index contributed by atoms with van der Waals surface area (Å²) in [6.07, 6.45) is 1.66. The quantitative estimate of drug-likeness (QED) is 0.629. The molecule has 0 aliphatic carbocycles. The summed E-state index contributed by atoms with van der Waals surface area (Å²) in [6, 6.07) is 12.5. The van der Waals surface area contributed by atoms with Crippen LogP contribution in [0.2, 0.25) is 0 Å². The van der Waals surface area contributed by atoms with Gasteiger partial charge in [-0.1, -0.05) is 12.1 Å². The first-order valence-corrected chi connectivity index (χ1v) is 8.79. The van der Waals surface area contributed by atoms with Crippen molar-refractivity contribution in [3.63, 3.8) is 0 Å². The molecule has 0 unspecified atom stereocenters.